The van der Waals surface area contributed by atoms with Gasteiger partial charge >= 0.3 is 0 Å². The van der Waals surface area contributed by atoms with Crippen molar-refractivity contribution in [3.63, 3.8) is 0 Å². The van der Waals surface area contributed by atoms with Gasteiger partial charge in [0.15, 0.2) is 11.6 Å². The summed E-state index contributed by atoms with van der Waals surface area (Å²) in [5.74, 6) is -5.26. The van der Waals surface area contributed by atoms with Crippen molar-refractivity contribution in [1.82, 2.24) is 0 Å². The van der Waals surface area contributed by atoms with Crippen molar-refractivity contribution in [3.8, 4) is 0 Å². The number of aryl methyl sites for hydroxylation is 1. The van der Waals surface area contributed by atoms with Crippen molar-refractivity contribution in [3.05, 3.63) is 34.9 Å². The third-order valence-corrected chi connectivity index (χ3v) is 2.25. The molecule has 1 aromatic carbocycles. The van der Waals surface area contributed by atoms with Gasteiger partial charge in [-0.05, 0) is 24.1 Å². The minimum atomic E-state index is -3.00. The van der Waals surface area contributed by atoms with Crippen LogP contribution in [0.25, 0.3) is 0 Å². The second kappa shape index (κ2) is 2.47. The van der Waals surface area contributed by atoms with Gasteiger partial charge in [0.2, 0.25) is 0 Å². The molecule has 0 saturated carbocycles. The van der Waals surface area contributed by atoms with Crippen LogP contribution in [0.2, 0.25) is 0 Å². The molecule has 1 aliphatic carbocycles. The highest BCUT2D eigenvalue weighted by Crippen LogP contribution is 2.42. The molecule has 0 saturated heterocycles. The number of rotatable bonds is 0. The van der Waals surface area contributed by atoms with Crippen molar-refractivity contribution in [1.29, 1.82) is 0 Å². The van der Waals surface area contributed by atoms with Crippen molar-refractivity contribution < 1.29 is 17.6 Å². The van der Waals surface area contributed by atoms with Crippen LogP contribution >= 0.6 is 0 Å². The molecule has 0 nitrogen and oxygen atoms in total. The summed E-state index contributed by atoms with van der Waals surface area (Å²) < 4.78 is 51.1. The van der Waals surface area contributed by atoms with Gasteiger partial charge in [0, 0.05) is 12.0 Å². The maximum atomic E-state index is 13.0. The topological polar surface area (TPSA) is 0 Å². The third kappa shape index (κ3) is 1.20. The molecule has 0 atom stereocenters. The molecule has 1 aromatic rings. The standard InChI is InChI=1S/C9H6F4/c10-7-3-5-1-2-9(12,13)6(5)4-8(7)11/h3-4H,1-2H2. The molecular weight excluding hydrogens is 184 g/mol. The fourth-order valence-electron chi connectivity index (χ4n) is 1.56. The van der Waals surface area contributed by atoms with Gasteiger partial charge in [-0.3, -0.25) is 0 Å². The monoisotopic (exact) mass is 190 g/mol. The highest BCUT2D eigenvalue weighted by molar-refractivity contribution is 5.36. The molecule has 0 amide bonds. The predicted molar refractivity (Wildman–Crippen MR) is 38.6 cm³/mol. The van der Waals surface area contributed by atoms with Crippen molar-refractivity contribution in [2.75, 3.05) is 0 Å². The lowest BCUT2D eigenvalue weighted by atomic mass is 10.1. The molecule has 0 aliphatic heterocycles. The number of benzene rings is 1. The summed E-state index contributed by atoms with van der Waals surface area (Å²) in [5, 5.41) is 0. The Kier molecular flexibility index (Phi) is 1.62. The van der Waals surface area contributed by atoms with Gasteiger partial charge in [-0.1, -0.05) is 0 Å². The Morgan fingerprint density at radius 3 is 2.38 bits per heavy atom. The highest BCUT2D eigenvalue weighted by Gasteiger charge is 2.39. The number of hydrogen-bond acceptors (Lipinski definition) is 0. The summed E-state index contributed by atoms with van der Waals surface area (Å²) in [4.78, 5) is 0. The number of fused-ring (bicyclic) bond motifs is 1. The molecular formula is C9H6F4. The Balaban J connectivity index is 2.61. The van der Waals surface area contributed by atoms with Crippen LogP contribution in [0.4, 0.5) is 17.6 Å². The Hall–Kier alpha value is -1.06. The number of hydrogen-bond donors (Lipinski definition) is 0. The van der Waals surface area contributed by atoms with Gasteiger partial charge in [-0.25, -0.2) is 17.6 Å². The van der Waals surface area contributed by atoms with Crippen LogP contribution in [0.15, 0.2) is 12.1 Å². The highest BCUT2D eigenvalue weighted by atomic mass is 19.3. The first kappa shape index (κ1) is 8.53. The molecule has 0 bridgehead atoms. The summed E-state index contributed by atoms with van der Waals surface area (Å²) in [6.45, 7) is 0. The summed E-state index contributed by atoms with van der Waals surface area (Å²) >= 11 is 0. The second-order valence-corrected chi connectivity index (χ2v) is 3.13. The number of alkyl halides is 2. The van der Waals surface area contributed by atoms with Gasteiger partial charge in [0.25, 0.3) is 5.92 Å². The molecule has 1 aliphatic rings. The van der Waals surface area contributed by atoms with Crippen LogP contribution in [-0.4, -0.2) is 0 Å². The van der Waals surface area contributed by atoms with Crippen LogP contribution in [0.5, 0.6) is 0 Å². The van der Waals surface area contributed by atoms with E-state index in [0.717, 1.165) is 6.07 Å². The largest absolute Gasteiger partial charge is 0.273 e. The van der Waals surface area contributed by atoms with Crippen molar-refractivity contribution in [2.24, 2.45) is 0 Å². The summed E-state index contributed by atoms with van der Waals surface area (Å²) in [7, 11) is 0. The second-order valence-electron chi connectivity index (χ2n) is 3.13. The molecule has 13 heavy (non-hydrogen) atoms. The first-order valence-corrected chi connectivity index (χ1v) is 3.87. The predicted octanol–water partition coefficient (Wildman–Crippen LogP) is 3.00. The van der Waals surface area contributed by atoms with E-state index in [2.05, 4.69) is 0 Å². The van der Waals surface area contributed by atoms with E-state index in [1.54, 1.807) is 0 Å². The average molecular weight is 190 g/mol. The average Bonchev–Trinajstić information content (AvgIpc) is 2.31. The van der Waals surface area contributed by atoms with E-state index in [-0.39, 0.29) is 24.0 Å². The molecule has 4 heteroatoms. The normalized spacial score (nSPS) is 18.8. The Morgan fingerprint density at radius 1 is 1.08 bits per heavy atom. The van der Waals surface area contributed by atoms with Crippen LogP contribution in [0.3, 0.4) is 0 Å². The van der Waals surface area contributed by atoms with Crippen LogP contribution < -0.4 is 0 Å². The maximum Gasteiger partial charge on any atom is 0.273 e. The smallest absolute Gasteiger partial charge is 0.204 e. The summed E-state index contributed by atoms with van der Waals surface area (Å²) in [6.07, 6.45) is -0.245. The van der Waals surface area contributed by atoms with Crippen LogP contribution in [-0.2, 0) is 12.3 Å². The minimum absolute atomic E-state index is 0.111. The van der Waals surface area contributed by atoms with E-state index < -0.39 is 17.6 Å². The molecule has 0 fully saturated rings. The quantitative estimate of drug-likeness (QED) is 0.551. The Labute approximate surface area is 72.2 Å². The third-order valence-electron chi connectivity index (χ3n) is 2.25. The molecule has 0 heterocycles. The van der Waals surface area contributed by atoms with E-state index in [0.29, 0.717) is 6.07 Å². The summed E-state index contributed by atoms with van der Waals surface area (Å²) in [6, 6.07) is 1.45. The Morgan fingerprint density at radius 2 is 1.69 bits per heavy atom. The molecule has 0 aromatic heterocycles. The van der Waals surface area contributed by atoms with E-state index in [9.17, 15) is 17.6 Å². The molecule has 0 radical (unpaired) electrons. The fourth-order valence-corrected chi connectivity index (χ4v) is 1.56. The SMILES string of the molecule is Fc1cc2c(cc1F)C(F)(F)CC2. The van der Waals surface area contributed by atoms with Crippen LogP contribution in [0.1, 0.15) is 17.5 Å². The zero-order valence-electron chi connectivity index (χ0n) is 6.58. The maximum absolute atomic E-state index is 13.0. The van der Waals surface area contributed by atoms with Gasteiger partial charge in [0.1, 0.15) is 0 Å². The van der Waals surface area contributed by atoms with Crippen molar-refractivity contribution in [2.45, 2.75) is 18.8 Å². The lowest BCUT2D eigenvalue weighted by Gasteiger charge is -2.09. The molecule has 0 spiro atoms. The van der Waals surface area contributed by atoms with Gasteiger partial charge in [0.05, 0.1) is 0 Å². The molecule has 0 N–H and O–H groups in total. The lowest BCUT2D eigenvalue weighted by molar-refractivity contribution is -0.00212. The molecule has 0 unspecified atom stereocenters. The molecule has 70 valence electrons. The van der Waals surface area contributed by atoms with Crippen LogP contribution in [0, 0.1) is 11.6 Å². The van der Waals surface area contributed by atoms with E-state index in [1.807, 2.05) is 0 Å². The summed E-state index contributed by atoms with van der Waals surface area (Å²) in [5.41, 5.74) is -0.157. The Bertz CT molecular complexity index is 357. The first-order valence-electron chi connectivity index (χ1n) is 3.87. The lowest BCUT2D eigenvalue weighted by Crippen LogP contribution is -2.08. The first-order chi connectivity index (χ1) is 6.00. The van der Waals surface area contributed by atoms with Gasteiger partial charge in [-0.15, -0.1) is 0 Å². The van der Waals surface area contributed by atoms with E-state index in [1.165, 1.54) is 0 Å². The van der Waals surface area contributed by atoms with Crippen molar-refractivity contribution >= 4 is 0 Å². The fraction of sp³-hybridized carbons (Fsp3) is 0.333. The zero-order valence-corrected chi connectivity index (χ0v) is 6.58. The van der Waals surface area contributed by atoms with Gasteiger partial charge < -0.3 is 0 Å². The minimum Gasteiger partial charge on any atom is -0.204 e. The molecule has 2 rings (SSSR count). The number of halogens is 4. The van der Waals surface area contributed by atoms with E-state index >= 15 is 0 Å². The zero-order chi connectivity index (χ0) is 9.64. The van der Waals surface area contributed by atoms with Gasteiger partial charge in [-0.2, -0.15) is 0 Å². The van der Waals surface area contributed by atoms with E-state index in [4.69, 9.17) is 0 Å².